The zero-order chi connectivity index (χ0) is 21.4. The van der Waals surface area contributed by atoms with Gasteiger partial charge in [0.1, 0.15) is 10.4 Å². The van der Waals surface area contributed by atoms with Crippen LogP contribution in [0.5, 0.6) is 11.5 Å². The fourth-order valence-electron chi connectivity index (χ4n) is 4.37. The largest absolute Gasteiger partial charge is 0.480 e. The van der Waals surface area contributed by atoms with E-state index in [4.69, 9.17) is 14.5 Å². The molecule has 0 bridgehead atoms. The monoisotopic (exact) mass is 440 g/mol. The van der Waals surface area contributed by atoms with E-state index in [-0.39, 0.29) is 12.8 Å². The van der Waals surface area contributed by atoms with Crippen molar-refractivity contribution >= 4 is 33.5 Å². The predicted molar refractivity (Wildman–Crippen MR) is 118 cm³/mol. The van der Waals surface area contributed by atoms with Gasteiger partial charge in [-0.2, -0.15) is 0 Å². The normalized spacial score (nSPS) is 22.7. The molecule has 0 aliphatic carbocycles. The molecule has 3 aromatic rings. The average Bonchev–Trinajstić information content (AvgIpc) is 3.45. The molecule has 2 unspecified atom stereocenters. The lowest BCUT2D eigenvalue weighted by molar-refractivity contribution is -0.146. The SMILES string of the molecule is CCC1CC(NCc2ccc3c(c2)OCO3)(C(=O)O)CCN1c1ncc2ccsc2n1. The molecule has 2 aliphatic heterocycles. The smallest absolute Gasteiger partial charge is 0.324 e. The van der Waals surface area contributed by atoms with Crippen LogP contribution in [0.2, 0.25) is 0 Å². The van der Waals surface area contributed by atoms with Gasteiger partial charge in [-0.3, -0.25) is 10.1 Å². The molecule has 5 rings (SSSR count). The van der Waals surface area contributed by atoms with E-state index in [0.717, 1.165) is 28.0 Å². The van der Waals surface area contributed by atoms with Crippen molar-refractivity contribution in [3.05, 3.63) is 41.4 Å². The van der Waals surface area contributed by atoms with Gasteiger partial charge in [0.2, 0.25) is 12.7 Å². The van der Waals surface area contributed by atoms with Crippen molar-refractivity contribution in [2.24, 2.45) is 0 Å². The number of nitrogens with one attached hydrogen (secondary N) is 1. The van der Waals surface area contributed by atoms with Crippen molar-refractivity contribution in [2.45, 2.75) is 44.3 Å². The first-order valence-electron chi connectivity index (χ1n) is 10.4. The summed E-state index contributed by atoms with van der Waals surface area (Å²) in [7, 11) is 0. The molecule has 8 nitrogen and oxygen atoms in total. The molecule has 0 amide bonds. The van der Waals surface area contributed by atoms with E-state index in [1.54, 1.807) is 11.3 Å². The maximum atomic E-state index is 12.4. The van der Waals surface area contributed by atoms with E-state index in [1.807, 2.05) is 35.8 Å². The van der Waals surface area contributed by atoms with E-state index in [9.17, 15) is 9.90 Å². The number of rotatable bonds is 6. The Labute approximate surface area is 183 Å². The first kappa shape index (κ1) is 20.0. The van der Waals surface area contributed by atoms with Gasteiger partial charge in [0.25, 0.3) is 0 Å². The van der Waals surface area contributed by atoms with Crippen LogP contribution < -0.4 is 19.7 Å². The van der Waals surface area contributed by atoms with Gasteiger partial charge in [-0.05, 0) is 48.4 Å². The number of fused-ring (bicyclic) bond motifs is 2. The molecule has 1 aromatic carbocycles. The number of carboxylic acids is 1. The third-order valence-electron chi connectivity index (χ3n) is 6.20. The second-order valence-corrected chi connectivity index (χ2v) is 8.88. The van der Waals surface area contributed by atoms with Crippen LogP contribution in [0.3, 0.4) is 0 Å². The summed E-state index contributed by atoms with van der Waals surface area (Å²) in [5, 5.41) is 16.5. The van der Waals surface area contributed by atoms with Gasteiger partial charge >= 0.3 is 5.97 Å². The topological polar surface area (TPSA) is 96.8 Å². The molecule has 2 N–H and O–H groups in total. The number of aromatic nitrogens is 2. The fourth-order valence-corrected chi connectivity index (χ4v) is 5.11. The molecule has 4 heterocycles. The highest BCUT2D eigenvalue weighted by Gasteiger charge is 2.45. The van der Waals surface area contributed by atoms with Crippen molar-refractivity contribution < 1.29 is 19.4 Å². The van der Waals surface area contributed by atoms with Gasteiger partial charge in [-0.15, -0.1) is 11.3 Å². The lowest BCUT2D eigenvalue weighted by atomic mass is 9.82. The van der Waals surface area contributed by atoms with Crippen LogP contribution in [0.25, 0.3) is 10.2 Å². The molecule has 0 saturated carbocycles. The molecule has 2 aromatic heterocycles. The predicted octanol–water partition coefficient (Wildman–Crippen LogP) is 3.41. The third kappa shape index (κ3) is 3.68. The molecule has 2 aliphatic rings. The molecular formula is C22H24N4O4S. The lowest BCUT2D eigenvalue weighted by Crippen LogP contribution is -2.61. The Balaban J connectivity index is 1.34. The molecular weight excluding hydrogens is 416 g/mol. The first-order valence-corrected chi connectivity index (χ1v) is 11.3. The van der Waals surface area contributed by atoms with Gasteiger partial charge < -0.3 is 19.5 Å². The number of anilines is 1. The van der Waals surface area contributed by atoms with Gasteiger partial charge in [0, 0.05) is 30.7 Å². The number of nitrogens with zero attached hydrogens (tertiary/aromatic N) is 3. The molecule has 0 spiro atoms. The summed E-state index contributed by atoms with van der Waals surface area (Å²) in [5.74, 6) is 1.28. The van der Waals surface area contributed by atoms with Crippen molar-refractivity contribution in [1.29, 1.82) is 0 Å². The third-order valence-corrected chi connectivity index (χ3v) is 7.03. The Morgan fingerprint density at radius 3 is 3.06 bits per heavy atom. The molecule has 1 saturated heterocycles. The zero-order valence-electron chi connectivity index (χ0n) is 17.2. The summed E-state index contributed by atoms with van der Waals surface area (Å²) in [6.07, 6.45) is 3.61. The van der Waals surface area contributed by atoms with Gasteiger partial charge in [0.05, 0.1) is 0 Å². The van der Waals surface area contributed by atoms with Crippen molar-refractivity contribution in [2.75, 3.05) is 18.2 Å². The minimum Gasteiger partial charge on any atom is -0.480 e. The van der Waals surface area contributed by atoms with Crippen LogP contribution in [-0.2, 0) is 11.3 Å². The fraction of sp³-hybridized carbons (Fsp3) is 0.409. The zero-order valence-corrected chi connectivity index (χ0v) is 18.0. The van der Waals surface area contributed by atoms with E-state index in [1.165, 1.54) is 0 Å². The first-order chi connectivity index (χ1) is 15.1. The molecule has 31 heavy (non-hydrogen) atoms. The van der Waals surface area contributed by atoms with Gasteiger partial charge in [-0.25, -0.2) is 9.97 Å². The standard InChI is InChI=1S/C22H24N4O4S/c1-2-16-10-22(20(27)28,24-11-14-3-4-17-18(9-14)30-13-29-17)6-7-26(16)21-23-12-15-5-8-31-19(15)25-21/h3-5,8-9,12,16,24H,2,6-7,10-11,13H2,1H3,(H,27,28). The van der Waals surface area contributed by atoms with Crippen molar-refractivity contribution in [1.82, 2.24) is 15.3 Å². The number of hydrogen-bond acceptors (Lipinski definition) is 8. The van der Waals surface area contributed by atoms with E-state index in [0.29, 0.717) is 37.6 Å². The quantitative estimate of drug-likeness (QED) is 0.602. The maximum Gasteiger partial charge on any atom is 0.324 e. The van der Waals surface area contributed by atoms with Gasteiger partial charge in [0.15, 0.2) is 11.5 Å². The van der Waals surface area contributed by atoms with Crippen LogP contribution in [0, 0.1) is 0 Å². The number of ether oxygens (including phenoxy) is 2. The minimum absolute atomic E-state index is 0.0338. The van der Waals surface area contributed by atoms with Crippen molar-refractivity contribution in [3.8, 4) is 11.5 Å². The number of hydrogen-bond donors (Lipinski definition) is 2. The van der Waals surface area contributed by atoms with E-state index < -0.39 is 11.5 Å². The lowest BCUT2D eigenvalue weighted by Gasteiger charge is -2.44. The summed E-state index contributed by atoms with van der Waals surface area (Å²) >= 11 is 1.59. The number of thiophene rings is 1. The van der Waals surface area contributed by atoms with Crippen molar-refractivity contribution in [3.63, 3.8) is 0 Å². The van der Waals surface area contributed by atoms with Crippen LogP contribution in [0.4, 0.5) is 5.95 Å². The Hall–Kier alpha value is -2.91. The number of piperidine rings is 1. The molecule has 162 valence electrons. The Morgan fingerprint density at radius 2 is 2.23 bits per heavy atom. The number of benzene rings is 1. The minimum atomic E-state index is -0.999. The van der Waals surface area contributed by atoms with E-state index >= 15 is 0 Å². The second kappa shape index (κ2) is 7.97. The molecule has 0 radical (unpaired) electrons. The van der Waals surface area contributed by atoms with Crippen LogP contribution in [0.15, 0.2) is 35.8 Å². The molecule has 2 atom stereocenters. The Kier molecular flexibility index (Phi) is 5.15. The second-order valence-electron chi connectivity index (χ2n) is 7.99. The maximum absolute atomic E-state index is 12.4. The summed E-state index contributed by atoms with van der Waals surface area (Å²) in [5.41, 5.74) is -0.0348. The van der Waals surface area contributed by atoms with E-state index in [2.05, 4.69) is 22.1 Å². The summed E-state index contributed by atoms with van der Waals surface area (Å²) in [6.45, 7) is 3.32. The number of aliphatic carboxylic acids is 1. The Bertz CT molecular complexity index is 1120. The molecule has 1 fully saturated rings. The van der Waals surface area contributed by atoms with Crippen LogP contribution in [-0.4, -0.2) is 46.0 Å². The summed E-state index contributed by atoms with van der Waals surface area (Å²) < 4.78 is 10.8. The summed E-state index contributed by atoms with van der Waals surface area (Å²) in [4.78, 5) is 24.7. The Morgan fingerprint density at radius 1 is 1.35 bits per heavy atom. The van der Waals surface area contributed by atoms with Crippen LogP contribution in [0.1, 0.15) is 31.7 Å². The molecule has 9 heteroatoms. The highest BCUT2D eigenvalue weighted by Crippen LogP contribution is 2.35. The highest BCUT2D eigenvalue weighted by atomic mass is 32.1. The number of carboxylic acid groups (broad SMARTS) is 1. The average molecular weight is 441 g/mol. The van der Waals surface area contributed by atoms with Gasteiger partial charge in [-0.1, -0.05) is 13.0 Å². The highest BCUT2D eigenvalue weighted by molar-refractivity contribution is 7.16. The van der Waals surface area contributed by atoms with Crippen LogP contribution >= 0.6 is 11.3 Å². The number of carbonyl (C=O) groups is 1. The summed E-state index contributed by atoms with van der Waals surface area (Å²) in [6, 6.07) is 7.75.